The molecular weight excluding hydrogens is 300 g/mol. The number of ether oxygens (including phenoxy) is 1. The van der Waals surface area contributed by atoms with Crippen LogP contribution in [0.4, 0.5) is 4.39 Å². The first-order chi connectivity index (χ1) is 9.61. The van der Waals surface area contributed by atoms with Gasteiger partial charge in [0.25, 0.3) is 0 Å². The predicted molar refractivity (Wildman–Crippen MR) is 80.0 cm³/mol. The standard InChI is InChI=1S/C15H14Cl2FNO/c1-20-15-4-2-3-13(17)12(15)9-19-8-10-7-11(16)5-6-14(10)18/h2-7,19H,8-9H2,1H3. The van der Waals surface area contributed by atoms with Crippen LogP contribution < -0.4 is 10.1 Å². The van der Waals surface area contributed by atoms with Gasteiger partial charge in [-0.15, -0.1) is 0 Å². The Kier molecular flexibility index (Phi) is 5.24. The molecule has 0 atom stereocenters. The Bertz CT molecular complexity index is 604. The fraction of sp³-hybridized carbons (Fsp3) is 0.200. The first-order valence-corrected chi connectivity index (χ1v) is 6.83. The van der Waals surface area contributed by atoms with Crippen molar-refractivity contribution in [1.82, 2.24) is 5.32 Å². The molecule has 0 aliphatic carbocycles. The minimum atomic E-state index is -0.284. The molecule has 0 unspecified atom stereocenters. The van der Waals surface area contributed by atoms with Gasteiger partial charge in [-0.2, -0.15) is 0 Å². The second kappa shape index (κ2) is 6.93. The summed E-state index contributed by atoms with van der Waals surface area (Å²) in [6.07, 6.45) is 0. The van der Waals surface area contributed by atoms with E-state index >= 15 is 0 Å². The van der Waals surface area contributed by atoms with Gasteiger partial charge in [-0.25, -0.2) is 4.39 Å². The third-order valence-electron chi connectivity index (χ3n) is 2.92. The predicted octanol–water partition coefficient (Wildman–Crippen LogP) is 4.43. The van der Waals surface area contributed by atoms with Gasteiger partial charge in [0.1, 0.15) is 11.6 Å². The highest BCUT2D eigenvalue weighted by atomic mass is 35.5. The maximum atomic E-state index is 13.6. The Balaban J connectivity index is 2.05. The third-order valence-corrected chi connectivity index (χ3v) is 3.51. The van der Waals surface area contributed by atoms with Crippen LogP contribution in [0, 0.1) is 5.82 Å². The number of benzene rings is 2. The van der Waals surface area contributed by atoms with E-state index in [4.69, 9.17) is 27.9 Å². The fourth-order valence-electron chi connectivity index (χ4n) is 1.90. The summed E-state index contributed by atoms with van der Waals surface area (Å²) in [5.41, 5.74) is 1.36. The number of rotatable bonds is 5. The van der Waals surface area contributed by atoms with Crippen molar-refractivity contribution in [3.63, 3.8) is 0 Å². The van der Waals surface area contributed by atoms with Gasteiger partial charge in [0.05, 0.1) is 7.11 Å². The molecule has 0 bridgehead atoms. The largest absolute Gasteiger partial charge is 0.496 e. The highest BCUT2D eigenvalue weighted by Crippen LogP contribution is 2.26. The summed E-state index contributed by atoms with van der Waals surface area (Å²) in [6, 6.07) is 9.94. The summed E-state index contributed by atoms with van der Waals surface area (Å²) in [5, 5.41) is 4.27. The van der Waals surface area contributed by atoms with Crippen LogP contribution in [0.5, 0.6) is 5.75 Å². The Labute approximate surface area is 127 Å². The average Bonchev–Trinajstić information content (AvgIpc) is 2.44. The lowest BCUT2D eigenvalue weighted by Gasteiger charge is -2.12. The molecule has 2 aromatic rings. The quantitative estimate of drug-likeness (QED) is 0.881. The number of hydrogen-bond acceptors (Lipinski definition) is 2. The van der Waals surface area contributed by atoms with Gasteiger partial charge in [0, 0.05) is 34.3 Å². The molecule has 2 aromatic carbocycles. The molecule has 2 rings (SSSR count). The van der Waals surface area contributed by atoms with E-state index in [-0.39, 0.29) is 5.82 Å². The molecule has 0 amide bonds. The number of nitrogens with one attached hydrogen (secondary N) is 1. The summed E-state index contributed by atoms with van der Waals surface area (Å²) >= 11 is 12.0. The van der Waals surface area contributed by atoms with Gasteiger partial charge in [-0.1, -0.05) is 29.3 Å². The zero-order valence-corrected chi connectivity index (χ0v) is 12.4. The van der Waals surface area contributed by atoms with E-state index in [1.165, 1.54) is 12.1 Å². The van der Waals surface area contributed by atoms with Crippen molar-refractivity contribution >= 4 is 23.2 Å². The summed E-state index contributed by atoms with van der Waals surface area (Å²) in [6.45, 7) is 0.843. The minimum Gasteiger partial charge on any atom is -0.496 e. The molecule has 0 fully saturated rings. The van der Waals surface area contributed by atoms with E-state index < -0.39 is 0 Å². The van der Waals surface area contributed by atoms with E-state index in [0.29, 0.717) is 34.4 Å². The molecule has 106 valence electrons. The summed E-state index contributed by atoms with van der Waals surface area (Å²) in [5.74, 6) is 0.421. The Hall–Kier alpha value is -1.29. The Morgan fingerprint density at radius 2 is 1.95 bits per heavy atom. The molecule has 0 aromatic heterocycles. The van der Waals surface area contributed by atoms with Crippen LogP contribution in [0.2, 0.25) is 10.0 Å². The first kappa shape index (κ1) is 15.1. The summed E-state index contributed by atoms with van der Waals surface area (Å²) in [7, 11) is 1.59. The normalized spacial score (nSPS) is 10.6. The zero-order valence-electron chi connectivity index (χ0n) is 10.9. The molecule has 0 saturated heterocycles. The highest BCUT2D eigenvalue weighted by molar-refractivity contribution is 6.31. The van der Waals surface area contributed by atoms with Crippen molar-refractivity contribution in [3.8, 4) is 5.75 Å². The van der Waals surface area contributed by atoms with Crippen LogP contribution in [0.25, 0.3) is 0 Å². The van der Waals surface area contributed by atoms with Gasteiger partial charge >= 0.3 is 0 Å². The van der Waals surface area contributed by atoms with Crippen molar-refractivity contribution < 1.29 is 9.13 Å². The molecule has 0 aliphatic heterocycles. The van der Waals surface area contributed by atoms with Crippen LogP contribution in [-0.4, -0.2) is 7.11 Å². The molecule has 0 radical (unpaired) electrons. The summed E-state index contributed by atoms with van der Waals surface area (Å²) < 4.78 is 18.8. The Morgan fingerprint density at radius 3 is 2.70 bits per heavy atom. The van der Waals surface area contributed by atoms with Crippen molar-refractivity contribution in [3.05, 3.63) is 63.4 Å². The van der Waals surface area contributed by atoms with Crippen molar-refractivity contribution in [2.24, 2.45) is 0 Å². The van der Waals surface area contributed by atoms with Gasteiger partial charge in [0.2, 0.25) is 0 Å². The third kappa shape index (κ3) is 3.63. The zero-order chi connectivity index (χ0) is 14.5. The van der Waals surface area contributed by atoms with Crippen molar-refractivity contribution in [1.29, 1.82) is 0 Å². The van der Waals surface area contributed by atoms with E-state index in [0.717, 1.165) is 5.56 Å². The molecule has 0 saturated carbocycles. The molecule has 0 spiro atoms. The van der Waals surface area contributed by atoms with Gasteiger partial charge in [-0.05, 0) is 30.3 Å². The molecule has 20 heavy (non-hydrogen) atoms. The average molecular weight is 314 g/mol. The van der Waals surface area contributed by atoms with Crippen LogP contribution in [-0.2, 0) is 13.1 Å². The summed E-state index contributed by atoms with van der Waals surface area (Å²) in [4.78, 5) is 0. The van der Waals surface area contributed by atoms with Gasteiger partial charge in [0.15, 0.2) is 0 Å². The maximum absolute atomic E-state index is 13.6. The lowest BCUT2D eigenvalue weighted by molar-refractivity contribution is 0.407. The van der Waals surface area contributed by atoms with E-state index in [1.54, 1.807) is 19.2 Å². The molecule has 5 heteroatoms. The monoisotopic (exact) mass is 313 g/mol. The van der Waals surface area contributed by atoms with E-state index in [1.807, 2.05) is 12.1 Å². The van der Waals surface area contributed by atoms with Gasteiger partial charge < -0.3 is 10.1 Å². The molecule has 2 nitrogen and oxygen atoms in total. The number of methoxy groups -OCH3 is 1. The smallest absolute Gasteiger partial charge is 0.127 e. The second-order valence-electron chi connectivity index (χ2n) is 4.26. The van der Waals surface area contributed by atoms with Crippen LogP contribution in [0.3, 0.4) is 0 Å². The molecule has 0 heterocycles. The molecule has 1 N–H and O–H groups in total. The topological polar surface area (TPSA) is 21.3 Å². The van der Waals surface area contributed by atoms with E-state index in [2.05, 4.69) is 5.32 Å². The first-order valence-electron chi connectivity index (χ1n) is 6.08. The number of halogens is 3. The molecule has 0 aliphatic rings. The Morgan fingerprint density at radius 1 is 1.15 bits per heavy atom. The highest BCUT2D eigenvalue weighted by Gasteiger charge is 2.08. The molecular formula is C15H14Cl2FNO. The lowest BCUT2D eigenvalue weighted by atomic mass is 10.1. The maximum Gasteiger partial charge on any atom is 0.127 e. The second-order valence-corrected chi connectivity index (χ2v) is 5.10. The van der Waals surface area contributed by atoms with Gasteiger partial charge in [-0.3, -0.25) is 0 Å². The number of hydrogen-bond donors (Lipinski definition) is 1. The van der Waals surface area contributed by atoms with Crippen LogP contribution >= 0.6 is 23.2 Å². The van der Waals surface area contributed by atoms with Crippen molar-refractivity contribution in [2.75, 3.05) is 7.11 Å². The lowest BCUT2D eigenvalue weighted by Crippen LogP contribution is -2.14. The van der Waals surface area contributed by atoms with Crippen LogP contribution in [0.1, 0.15) is 11.1 Å². The minimum absolute atomic E-state index is 0.284. The van der Waals surface area contributed by atoms with Crippen molar-refractivity contribution in [2.45, 2.75) is 13.1 Å². The van der Waals surface area contributed by atoms with Crippen LogP contribution in [0.15, 0.2) is 36.4 Å². The van der Waals surface area contributed by atoms with E-state index in [9.17, 15) is 4.39 Å². The SMILES string of the molecule is COc1cccc(Cl)c1CNCc1cc(Cl)ccc1F. The fourth-order valence-corrected chi connectivity index (χ4v) is 2.33.